The van der Waals surface area contributed by atoms with Crippen molar-refractivity contribution in [2.24, 2.45) is 0 Å². The summed E-state index contributed by atoms with van der Waals surface area (Å²) in [6.45, 7) is 4.64. The zero-order valence-corrected chi connectivity index (χ0v) is 12.5. The van der Waals surface area contributed by atoms with Gasteiger partial charge < -0.3 is 15.4 Å². The number of ether oxygens (including phenoxy) is 1. The fraction of sp³-hybridized carbons (Fsp3) is 0.500. The lowest BCUT2D eigenvalue weighted by Crippen LogP contribution is -2.45. The van der Waals surface area contributed by atoms with E-state index in [2.05, 4.69) is 17.6 Å². The smallest absolute Gasteiger partial charge is 0.313 e. The topological polar surface area (TPSA) is 67.4 Å². The fourth-order valence-corrected chi connectivity index (χ4v) is 2.37. The normalized spacial score (nSPS) is 19.0. The average Bonchev–Trinajstić information content (AvgIpc) is 3.02. The van der Waals surface area contributed by atoms with E-state index in [9.17, 15) is 9.59 Å². The van der Waals surface area contributed by atoms with Crippen molar-refractivity contribution in [3.63, 3.8) is 0 Å². The van der Waals surface area contributed by atoms with E-state index in [1.807, 2.05) is 19.1 Å². The van der Waals surface area contributed by atoms with Crippen molar-refractivity contribution in [1.82, 2.24) is 5.32 Å². The van der Waals surface area contributed by atoms with Crippen LogP contribution in [0.1, 0.15) is 32.3 Å². The molecule has 114 valence electrons. The van der Waals surface area contributed by atoms with Crippen molar-refractivity contribution >= 4 is 17.5 Å². The molecule has 1 fully saturated rings. The van der Waals surface area contributed by atoms with Crippen LogP contribution in [0.3, 0.4) is 0 Å². The number of anilines is 1. The van der Waals surface area contributed by atoms with Gasteiger partial charge >= 0.3 is 11.8 Å². The first-order chi connectivity index (χ1) is 10.1. The third kappa shape index (κ3) is 4.29. The molecule has 1 heterocycles. The molecule has 0 aliphatic carbocycles. The van der Waals surface area contributed by atoms with Crippen LogP contribution in [-0.4, -0.2) is 30.6 Å². The van der Waals surface area contributed by atoms with E-state index in [1.165, 1.54) is 5.56 Å². The third-order valence-corrected chi connectivity index (χ3v) is 3.71. The van der Waals surface area contributed by atoms with Crippen molar-refractivity contribution in [3.8, 4) is 0 Å². The molecule has 5 heteroatoms. The Labute approximate surface area is 125 Å². The van der Waals surface area contributed by atoms with E-state index in [0.717, 1.165) is 25.9 Å². The number of aryl methyl sites for hydroxylation is 1. The van der Waals surface area contributed by atoms with Gasteiger partial charge in [-0.05, 0) is 43.9 Å². The second-order valence-corrected chi connectivity index (χ2v) is 5.32. The Kier molecular flexibility index (Phi) is 5.33. The van der Waals surface area contributed by atoms with E-state index in [4.69, 9.17) is 4.74 Å². The molecule has 2 N–H and O–H groups in total. The van der Waals surface area contributed by atoms with Crippen LogP contribution in [0.25, 0.3) is 0 Å². The number of rotatable bonds is 4. The number of carbonyl (C=O) groups is 2. The van der Waals surface area contributed by atoms with Crippen LogP contribution in [-0.2, 0) is 20.7 Å². The van der Waals surface area contributed by atoms with Crippen molar-refractivity contribution < 1.29 is 14.3 Å². The van der Waals surface area contributed by atoms with Crippen molar-refractivity contribution in [1.29, 1.82) is 0 Å². The molecule has 0 radical (unpaired) electrons. The zero-order chi connectivity index (χ0) is 15.2. The molecule has 1 aliphatic rings. The summed E-state index contributed by atoms with van der Waals surface area (Å²) in [4.78, 5) is 23.7. The quantitative estimate of drug-likeness (QED) is 0.832. The lowest BCUT2D eigenvalue weighted by Gasteiger charge is -2.19. The number of nitrogens with one attached hydrogen (secondary N) is 2. The summed E-state index contributed by atoms with van der Waals surface area (Å²) in [5.41, 5.74) is 1.81. The third-order valence-electron chi connectivity index (χ3n) is 3.71. The van der Waals surface area contributed by atoms with E-state index in [-0.39, 0.29) is 12.1 Å². The average molecular weight is 290 g/mol. The van der Waals surface area contributed by atoms with Crippen LogP contribution in [0.4, 0.5) is 5.69 Å². The summed E-state index contributed by atoms with van der Waals surface area (Å²) in [6.07, 6.45) is 2.86. The molecule has 0 aromatic heterocycles. The maximum Gasteiger partial charge on any atom is 0.313 e. The maximum absolute atomic E-state index is 11.9. The monoisotopic (exact) mass is 290 g/mol. The minimum absolute atomic E-state index is 0.00517. The molecule has 2 amide bonds. The van der Waals surface area contributed by atoms with Gasteiger partial charge in [-0.3, -0.25) is 9.59 Å². The van der Waals surface area contributed by atoms with Gasteiger partial charge in [0.2, 0.25) is 0 Å². The van der Waals surface area contributed by atoms with Crippen molar-refractivity contribution in [2.75, 3.05) is 11.9 Å². The first kappa shape index (κ1) is 15.5. The van der Waals surface area contributed by atoms with Crippen molar-refractivity contribution in [3.05, 3.63) is 29.8 Å². The van der Waals surface area contributed by atoms with Gasteiger partial charge in [-0.2, -0.15) is 0 Å². The van der Waals surface area contributed by atoms with Gasteiger partial charge in [0, 0.05) is 12.3 Å². The maximum atomic E-state index is 11.9. The van der Waals surface area contributed by atoms with E-state index in [1.54, 1.807) is 12.1 Å². The minimum Gasteiger partial charge on any atom is -0.376 e. The summed E-state index contributed by atoms with van der Waals surface area (Å²) in [5.74, 6) is -1.28. The molecule has 2 unspecified atom stereocenters. The first-order valence-corrected chi connectivity index (χ1v) is 7.42. The first-order valence-electron chi connectivity index (χ1n) is 7.42. The highest BCUT2D eigenvalue weighted by atomic mass is 16.5. The highest BCUT2D eigenvalue weighted by Crippen LogP contribution is 2.15. The van der Waals surface area contributed by atoms with Crippen LogP contribution >= 0.6 is 0 Å². The SMILES string of the molecule is CCc1ccc(NC(=O)C(=O)NC(C)C2CCCO2)cc1. The molecule has 1 aliphatic heterocycles. The Morgan fingerprint density at radius 2 is 2.00 bits per heavy atom. The molecule has 21 heavy (non-hydrogen) atoms. The molecule has 2 rings (SSSR count). The van der Waals surface area contributed by atoms with Crippen LogP contribution < -0.4 is 10.6 Å². The van der Waals surface area contributed by atoms with Gasteiger partial charge in [0.15, 0.2) is 0 Å². The Balaban J connectivity index is 1.85. The summed E-state index contributed by atoms with van der Waals surface area (Å²) in [6, 6.07) is 7.31. The van der Waals surface area contributed by atoms with E-state index in [0.29, 0.717) is 5.69 Å². The molecular formula is C16H22N2O3. The van der Waals surface area contributed by atoms with Crippen LogP contribution in [0, 0.1) is 0 Å². The summed E-state index contributed by atoms with van der Waals surface area (Å²) < 4.78 is 5.49. The van der Waals surface area contributed by atoms with Crippen LogP contribution in [0.5, 0.6) is 0 Å². The van der Waals surface area contributed by atoms with Crippen LogP contribution in [0.15, 0.2) is 24.3 Å². The number of hydrogen-bond donors (Lipinski definition) is 2. The van der Waals surface area contributed by atoms with E-state index < -0.39 is 11.8 Å². The second-order valence-electron chi connectivity index (χ2n) is 5.32. The fourth-order valence-electron chi connectivity index (χ4n) is 2.37. The molecule has 0 spiro atoms. The molecule has 2 atom stereocenters. The lowest BCUT2D eigenvalue weighted by atomic mass is 10.1. The molecular weight excluding hydrogens is 268 g/mol. The Bertz CT molecular complexity index is 493. The summed E-state index contributed by atoms with van der Waals surface area (Å²) >= 11 is 0. The molecule has 5 nitrogen and oxygen atoms in total. The second kappa shape index (κ2) is 7.22. The Hall–Kier alpha value is -1.88. The number of carbonyl (C=O) groups excluding carboxylic acids is 2. The van der Waals surface area contributed by atoms with Gasteiger partial charge in [-0.1, -0.05) is 19.1 Å². The lowest BCUT2D eigenvalue weighted by molar-refractivity contribution is -0.137. The molecule has 1 saturated heterocycles. The minimum atomic E-state index is -0.649. The number of hydrogen-bond acceptors (Lipinski definition) is 3. The van der Waals surface area contributed by atoms with Crippen LogP contribution in [0.2, 0.25) is 0 Å². The summed E-state index contributed by atoms with van der Waals surface area (Å²) in [5, 5.41) is 5.29. The van der Waals surface area contributed by atoms with Gasteiger partial charge in [-0.15, -0.1) is 0 Å². The number of amides is 2. The number of benzene rings is 1. The predicted molar refractivity (Wildman–Crippen MR) is 81.0 cm³/mol. The van der Waals surface area contributed by atoms with Gasteiger partial charge in [-0.25, -0.2) is 0 Å². The van der Waals surface area contributed by atoms with Crippen molar-refractivity contribution in [2.45, 2.75) is 45.3 Å². The molecule has 0 saturated carbocycles. The van der Waals surface area contributed by atoms with Gasteiger partial charge in [0.1, 0.15) is 0 Å². The van der Waals surface area contributed by atoms with E-state index >= 15 is 0 Å². The van der Waals surface area contributed by atoms with Gasteiger partial charge in [0.25, 0.3) is 0 Å². The summed E-state index contributed by atoms with van der Waals surface area (Å²) in [7, 11) is 0. The molecule has 0 bridgehead atoms. The zero-order valence-electron chi connectivity index (χ0n) is 12.5. The molecule has 1 aromatic rings. The highest BCUT2D eigenvalue weighted by Gasteiger charge is 2.25. The predicted octanol–water partition coefficient (Wildman–Crippen LogP) is 1.87. The Morgan fingerprint density at radius 3 is 2.57 bits per heavy atom. The molecule has 1 aromatic carbocycles. The largest absolute Gasteiger partial charge is 0.376 e. The highest BCUT2D eigenvalue weighted by molar-refractivity contribution is 6.39. The Morgan fingerprint density at radius 1 is 1.29 bits per heavy atom. The standard InChI is InChI=1S/C16H22N2O3/c1-3-12-6-8-13(9-7-12)18-16(20)15(19)17-11(2)14-5-4-10-21-14/h6-9,11,14H,3-5,10H2,1-2H3,(H,17,19)(H,18,20). The van der Waals surface area contributed by atoms with Gasteiger partial charge in [0.05, 0.1) is 12.1 Å².